The van der Waals surface area contributed by atoms with Crippen LogP contribution in [0.25, 0.3) is 0 Å². The van der Waals surface area contributed by atoms with Gasteiger partial charge in [0, 0.05) is 12.8 Å². The van der Waals surface area contributed by atoms with Crippen LogP contribution in [0.5, 0.6) is 0 Å². The fourth-order valence-corrected chi connectivity index (χ4v) is 6.01. The molecule has 3 N–H and O–H groups in total. The highest BCUT2D eigenvalue weighted by Gasteiger charge is 2.27. The minimum absolute atomic E-state index is 0.172. The molecular formula is C39H73O10P. The molecular weight excluding hydrogens is 659 g/mol. The van der Waals surface area contributed by atoms with Crippen molar-refractivity contribution in [1.29, 1.82) is 0 Å². The molecule has 3 atom stereocenters. The van der Waals surface area contributed by atoms with Crippen molar-refractivity contribution in [2.45, 2.75) is 187 Å². The summed E-state index contributed by atoms with van der Waals surface area (Å²) in [7, 11) is -4.61. The van der Waals surface area contributed by atoms with E-state index in [1.807, 2.05) is 0 Å². The largest absolute Gasteiger partial charge is 0.472 e. The average molecular weight is 733 g/mol. The monoisotopic (exact) mass is 732 g/mol. The maximum Gasteiger partial charge on any atom is 0.472 e. The number of rotatable bonds is 37. The molecule has 0 amide bonds. The lowest BCUT2D eigenvalue weighted by Crippen LogP contribution is -2.29. The zero-order valence-corrected chi connectivity index (χ0v) is 32.5. The molecule has 0 aliphatic carbocycles. The molecule has 0 saturated carbocycles. The topological polar surface area (TPSA) is 149 Å². The van der Waals surface area contributed by atoms with E-state index >= 15 is 0 Å². The number of hydrogen-bond donors (Lipinski definition) is 3. The Kier molecular flexibility index (Phi) is 34.7. The molecule has 0 spiro atoms. The predicted octanol–water partition coefficient (Wildman–Crippen LogP) is 9.83. The number of unbranched alkanes of at least 4 members (excludes halogenated alkanes) is 19. The van der Waals surface area contributed by atoms with Crippen LogP contribution >= 0.6 is 7.82 Å². The summed E-state index contributed by atoms with van der Waals surface area (Å²) >= 11 is 0. The maximum atomic E-state index is 12.5. The molecule has 0 aromatic heterocycles. The predicted molar refractivity (Wildman–Crippen MR) is 201 cm³/mol. The third kappa shape index (κ3) is 34.9. The number of carbonyl (C=O) groups is 2. The third-order valence-electron chi connectivity index (χ3n) is 8.33. The summed E-state index contributed by atoms with van der Waals surface area (Å²) in [6.07, 6.45) is 32.9. The Morgan fingerprint density at radius 2 is 0.980 bits per heavy atom. The quantitative estimate of drug-likeness (QED) is 0.0244. The second-order valence-electron chi connectivity index (χ2n) is 13.3. The second-order valence-corrected chi connectivity index (χ2v) is 14.8. The number of phosphoric ester groups is 1. The first kappa shape index (κ1) is 48.5. The number of phosphoric acid groups is 1. The Labute approximate surface area is 304 Å². The van der Waals surface area contributed by atoms with Crippen molar-refractivity contribution in [1.82, 2.24) is 0 Å². The highest BCUT2D eigenvalue weighted by molar-refractivity contribution is 7.47. The second kappa shape index (κ2) is 35.8. The fourth-order valence-electron chi connectivity index (χ4n) is 5.22. The van der Waals surface area contributed by atoms with Crippen LogP contribution in [0.3, 0.4) is 0 Å². The lowest BCUT2D eigenvalue weighted by Gasteiger charge is -2.20. The minimum Gasteiger partial charge on any atom is -0.462 e. The molecule has 294 valence electrons. The summed E-state index contributed by atoms with van der Waals surface area (Å²) in [5.74, 6) is -0.952. The molecule has 10 nitrogen and oxygen atoms in total. The Morgan fingerprint density at radius 1 is 0.580 bits per heavy atom. The van der Waals surface area contributed by atoms with Gasteiger partial charge in [0.2, 0.25) is 0 Å². The standard InChI is InChI=1S/C39H73O10P/c1-3-5-7-9-11-13-15-17-19-21-23-25-27-29-31-39(43)49-37(35-48-50(44,45)47-33-36(41)32-40)34-46-38(42)30-28-26-24-22-20-18-16-14-12-10-8-6-4-2/h15,17-18,20,36-37,40-41H,3-14,16,19,21-35H2,1-2H3,(H,44,45)/b17-15+,20-18+/t36-,37+/m0/s1. The summed E-state index contributed by atoms with van der Waals surface area (Å²) in [4.78, 5) is 34.8. The van der Waals surface area contributed by atoms with E-state index in [9.17, 15) is 24.2 Å². The van der Waals surface area contributed by atoms with Crippen molar-refractivity contribution in [3.8, 4) is 0 Å². The molecule has 0 bridgehead atoms. The number of carbonyl (C=O) groups excluding carboxylic acids is 2. The van der Waals surface area contributed by atoms with Gasteiger partial charge >= 0.3 is 19.8 Å². The molecule has 0 aliphatic rings. The lowest BCUT2D eigenvalue weighted by atomic mass is 10.1. The van der Waals surface area contributed by atoms with Crippen LogP contribution in [0.1, 0.15) is 174 Å². The van der Waals surface area contributed by atoms with E-state index in [2.05, 4.69) is 42.7 Å². The van der Waals surface area contributed by atoms with E-state index in [1.165, 1.54) is 70.6 Å². The Balaban J connectivity index is 4.39. The molecule has 0 aromatic carbocycles. The van der Waals surface area contributed by atoms with E-state index in [1.54, 1.807) is 0 Å². The summed E-state index contributed by atoms with van der Waals surface area (Å²) in [5, 5.41) is 18.3. The maximum absolute atomic E-state index is 12.5. The molecule has 0 heterocycles. The number of aliphatic hydroxyl groups excluding tert-OH is 2. The Bertz CT molecular complexity index is 894. The number of hydrogen-bond acceptors (Lipinski definition) is 9. The minimum atomic E-state index is -4.61. The number of allylic oxidation sites excluding steroid dienone is 4. The van der Waals surface area contributed by atoms with E-state index < -0.39 is 51.8 Å². The van der Waals surface area contributed by atoms with E-state index in [4.69, 9.17) is 19.1 Å². The smallest absolute Gasteiger partial charge is 0.462 e. The molecule has 0 rings (SSSR count). The fraction of sp³-hybridized carbons (Fsp3) is 0.846. The van der Waals surface area contributed by atoms with Gasteiger partial charge in [-0.05, 0) is 64.2 Å². The number of aliphatic hydroxyl groups is 2. The van der Waals surface area contributed by atoms with Gasteiger partial charge in [-0.15, -0.1) is 0 Å². The van der Waals surface area contributed by atoms with Crippen LogP contribution in [0.2, 0.25) is 0 Å². The SMILES string of the molecule is CCCCCCC/C=C/CCCCCCCC(=O)O[C@H](COC(=O)CCCCC/C=C/CCCCCCCC)COP(=O)(O)OC[C@@H](O)CO. The molecule has 1 unspecified atom stereocenters. The van der Waals surface area contributed by atoms with Gasteiger partial charge in [0.25, 0.3) is 0 Å². The first-order valence-corrected chi connectivity index (χ1v) is 21.3. The molecule has 11 heteroatoms. The van der Waals surface area contributed by atoms with Gasteiger partial charge < -0.3 is 24.6 Å². The van der Waals surface area contributed by atoms with Crippen LogP contribution in [-0.2, 0) is 32.7 Å². The summed E-state index contributed by atoms with van der Waals surface area (Å²) in [6, 6.07) is 0. The molecule has 50 heavy (non-hydrogen) atoms. The van der Waals surface area contributed by atoms with Crippen LogP contribution in [-0.4, -0.2) is 65.7 Å². The number of esters is 2. The van der Waals surface area contributed by atoms with Gasteiger partial charge in [-0.1, -0.05) is 122 Å². The van der Waals surface area contributed by atoms with E-state index in [0.717, 1.165) is 64.2 Å². The molecule has 0 aromatic rings. The average Bonchev–Trinajstić information content (AvgIpc) is 3.10. The van der Waals surface area contributed by atoms with Crippen molar-refractivity contribution in [3.05, 3.63) is 24.3 Å². The Morgan fingerprint density at radius 3 is 1.46 bits per heavy atom. The van der Waals surface area contributed by atoms with Crippen LogP contribution in [0, 0.1) is 0 Å². The van der Waals surface area contributed by atoms with Crippen molar-refractivity contribution >= 4 is 19.8 Å². The molecule has 0 radical (unpaired) electrons. The third-order valence-corrected chi connectivity index (χ3v) is 9.28. The van der Waals surface area contributed by atoms with Crippen molar-refractivity contribution in [2.24, 2.45) is 0 Å². The van der Waals surface area contributed by atoms with Crippen LogP contribution in [0.4, 0.5) is 0 Å². The number of ether oxygens (including phenoxy) is 2. The van der Waals surface area contributed by atoms with Crippen molar-refractivity contribution in [2.75, 3.05) is 26.4 Å². The summed E-state index contributed by atoms with van der Waals surface area (Å²) < 4.78 is 32.6. The van der Waals surface area contributed by atoms with Gasteiger partial charge in [-0.25, -0.2) is 4.57 Å². The summed E-state index contributed by atoms with van der Waals surface area (Å²) in [5.41, 5.74) is 0. The zero-order valence-electron chi connectivity index (χ0n) is 31.6. The molecule has 0 saturated heterocycles. The molecule has 0 fully saturated rings. The molecule has 0 aliphatic heterocycles. The van der Waals surface area contributed by atoms with Gasteiger partial charge in [-0.2, -0.15) is 0 Å². The van der Waals surface area contributed by atoms with Gasteiger partial charge in [0.1, 0.15) is 12.7 Å². The van der Waals surface area contributed by atoms with Crippen LogP contribution < -0.4 is 0 Å². The normalized spacial score (nSPS) is 14.3. The Hall–Kier alpha value is -1.55. The van der Waals surface area contributed by atoms with Gasteiger partial charge in [0.05, 0.1) is 19.8 Å². The first-order valence-electron chi connectivity index (χ1n) is 19.8. The van der Waals surface area contributed by atoms with Gasteiger partial charge in [0.15, 0.2) is 6.10 Å². The van der Waals surface area contributed by atoms with Gasteiger partial charge in [-0.3, -0.25) is 18.6 Å². The lowest BCUT2D eigenvalue weighted by molar-refractivity contribution is -0.161. The highest BCUT2D eigenvalue weighted by Crippen LogP contribution is 2.43. The highest BCUT2D eigenvalue weighted by atomic mass is 31.2. The van der Waals surface area contributed by atoms with Crippen LogP contribution in [0.15, 0.2) is 24.3 Å². The van der Waals surface area contributed by atoms with Crippen molar-refractivity contribution in [3.63, 3.8) is 0 Å². The van der Waals surface area contributed by atoms with E-state index in [0.29, 0.717) is 12.8 Å². The van der Waals surface area contributed by atoms with Crippen molar-refractivity contribution < 1.29 is 47.8 Å². The zero-order chi connectivity index (χ0) is 37.0. The van der Waals surface area contributed by atoms with E-state index in [-0.39, 0.29) is 19.4 Å². The first-order chi connectivity index (χ1) is 24.2. The summed E-state index contributed by atoms with van der Waals surface area (Å²) in [6.45, 7) is 2.33.